The SMILES string of the molecule is COc1ccc(NC2=C(Sc3ccc(Cl)cc3)C(=O)N(c3ccc(OC)cc3)C2=O)cc1. The Balaban J connectivity index is 1.70. The molecule has 1 aliphatic heterocycles. The molecule has 0 bridgehead atoms. The summed E-state index contributed by atoms with van der Waals surface area (Å²) in [4.78, 5) is 28.9. The van der Waals surface area contributed by atoms with Crippen LogP contribution in [-0.2, 0) is 9.59 Å². The van der Waals surface area contributed by atoms with E-state index in [1.165, 1.54) is 11.8 Å². The van der Waals surface area contributed by atoms with Crippen LogP contribution in [-0.4, -0.2) is 26.0 Å². The number of benzene rings is 3. The van der Waals surface area contributed by atoms with E-state index in [1.807, 2.05) is 0 Å². The lowest BCUT2D eigenvalue weighted by Gasteiger charge is -2.15. The summed E-state index contributed by atoms with van der Waals surface area (Å²) >= 11 is 7.20. The highest BCUT2D eigenvalue weighted by Gasteiger charge is 2.40. The first kappa shape index (κ1) is 21.8. The number of hydrogen-bond acceptors (Lipinski definition) is 6. The maximum atomic E-state index is 13.4. The summed E-state index contributed by atoms with van der Waals surface area (Å²) in [5, 5.41) is 3.71. The van der Waals surface area contributed by atoms with E-state index in [-0.39, 0.29) is 5.70 Å². The van der Waals surface area contributed by atoms with Gasteiger partial charge in [0.1, 0.15) is 22.1 Å². The Morgan fingerprint density at radius 2 is 1.34 bits per heavy atom. The second-order valence-electron chi connectivity index (χ2n) is 6.76. The van der Waals surface area contributed by atoms with Crippen LogP contribution < -0.4 is 19.7 Å². The van der Waals surface area contributed by atoms with Gasteiger partial charge < -0.3 is 14.8 Å². The van der Waals surface area contributed by atoms with E-state index >= 15 is 0 Å². The predicted molar refractivity (Wildman–Crippen MR) is 126 cm³/mol. The van der Waals surface area contributed by atoms with Crippen LogP contribution in [0, 0.1) is 0 Å². The van der Waals surface area contributed by atoms with Gasteiger partial charge in [0.25, 0.3) is 11.8 Å². The van der Waals surface area contributed by atoms with E-state index in [2.05, 4.69) is 5.32 Å². The van der Waals surface area contributed by atoms with Crippen molar-refractivity contribution in [1.82, 2.24) is 0 Å². The Morgan fingerprint density at radius 1 is 0.781 bits per heavy atom. The number of nitrogens with zero attached hydrogens (tertiary/aromatic N) is 1. The van der Waals surface area contributed by atoms with E-state index in [0.717, 1.165) is 9.80 Å². The number of amides is 2. The Hall–Kier alpha value is -3.42. The summed E-state index contributed by atoms with van der Waals surface area (Å²) in [6, 6.07) is 21.0. The number of ether oxygens (including phenoxy) is 2. The highest BCUT2D eigenvalue weighted by Crippen LogP contribution is 2.38. The molecule has 0 saturated heterocycles. The number of rotatable bonds is 7. The van der Waals surface area contributed by atoms with Crippen LogP contribution in [0.15, 0.2) is 88.3 Å². The maximum Gasteiger partial charge on any atom is 0.283 e. The number of thioether (sulfide) groups is 1. The van der Waals surface area contributed by atoms with Crippen LogP contribution >= 0.6 is 23.4 Å². The molecular weight excluding hydrogens is 448 g/mol. The highest BCUT2D eigenvalue weighted by atomic mass is 35.5. The van der Waals surface area contributed by atoms with E-state index in [4.69, 9.17) is 21.1 Å². The monoisotopic (exact) mass is 466 g/mol. The molecule has 3 aromatic rings. The van der Waals surface area contributed by atoms with Gasteiger partial charge in [-0.3, -0.25) is 9.59 Å². The van der Waals surface area contributed by atoms with Gasteiger partial charge in [-0.15, -0.1) is 0 Å². The number of carbonyl (C=O) groups is 2. The lowest BCUT2D eigenvalue weighted by molar-refractivity contribution is -0.120. The van der Waals surface area contributed by atoms with Gasteiger partial charge in [-0.05, 0) is 72.8 Å². The van der Waals surface area contributed by atoms with Crippen molar-refractivity contribution in [3.8, 4) is 11.5 Å². The third-order valence-electron chi connectivity index (χ3n) is 4.76. The first-order valence-corrected chi connectivity index (χ1v) is 10.8. The molecule has 6 nitrogen and oxygen atoms in total. The van der Waals surface area contributed by atoms with Crippen molar-refractivity contribution in [3.63, 3.8) is 0 Å². The molecule has 0 spiro atoms. The molecule has 1 aliphatic rings. The average molecular weight is 467 g/mol. The number of imide groups is 1. The molecule has 0 saturated carbocycles. The van der Waals surface area contributed by atoms with E-state index in [1.54, 1.807) is 87.0 Å². The molecule has 4 rings (SSSR count). The normalized spacial score (nSPS) is 13.5. The fourth-order valence-electron chi connectivity index (χ4n) is 3.12. The number of carbonyl (C=O) groups excluding carboxylic acids is 2. The zero-order valence-electron chi connectivity index (χ0n) is 17.3. The molecule has 0 aromatic heterocycles. The van der Waals surface area contributed by atoms with Crippen LogP contribution in [0.5, 0.6) is 11.5 Å². The first-order valence-electron chi connectivity index (χ1n) is 9.62. The minimum Gasteiger partial charge on any atom is -0.497 e. The molecule has 3 aromatic carbocycles. The number of methoxy groups -OCH3 is 2. The summed E-state index contributed by atoms with van der Waals surface area (Å²) in [5.74, 6) is 0.478. The minimum atomic E-state index is -0.438. The molecule has 2 amide bonds. The van der Waals surface area contributed by atoms with Crippen molar-refractivity contribution in [2.24, 2.45) is 0 Å². The van der Waals surface area contributed by atoms with Gasteiger partial charge in [0.05, 0.1) is 19.9 Å². The zero-order valence-corrected chi connectivity index (χ0v) is 18.9. The van der Waals surface area contributed by atoms with E-state index < -0.39 is 11.8 Å². The van der Waals surface area contributed by atoms with Gasteiger partial charge in [0.15, 0.2) is 0 Å². The summed E-state index contributed by atoms with van der Waals surface area (Å²) in [6.45, 7) is 0. The zero-order chi connectivity index (χ0) is 22.7. The summed E-state index contributed by atoms with van der Waals surface area (Å²) < 4.78 is 10.4. The molecule has 8 heteroatoms. The fourth-order valence-corrected chi connectivity index (χ4v) is 4.17. The number of anilines is 2. The second kappa shape index (κ2) is 9.38. The average Bonchev–Trinajstić information content (AvgIpc) is 3.05. The largest absolute Gasteiger partial charge is 0.497 e. The minimum absolute atomic E-state index is 0.205. The Labute approximate surface area is 194 Å². The Morgan fingerprint density at radius 3 is 1.91 bits per heavy atom. The van der Waals surface area contributed by atoms with Crippen LogP contribution in [0.3, 0.4) is 0 Å². The molecule has 1 heterocycles. The number of nitrogens with one attached hydrogen (secondary N) is 1. The quantitative estimate of drug-likeness (QED) is 0.474. The van der Waals surface area contributed by atoms with Gasteiger partial charge in [-0.2, -0.15) is 0 Å². The molecule has 0 radical (unpaired) electrons. The fraction of sp³-hybridized carbons (Fsp3) is 0.0833. The van der Waals surface area contributed by atoms with Crippen molar-refractivity contribution in [2.75, 3.05) is 24.4 Å². The van der Waals surface area contributed by atoms with E-state index in [0.29, 0.717) is 32.8 Å². The van der Waals surface area contributed by atoms with Crippen molar-refractivity contribution in [1.29, 1.82) is 0 Å². The predicted octanol–water partition coefficient (Wildman–Crippen LogP) is 5.35. The smallest absolute Gasteiger partial charge is 0.283 e. The van der Waals surface area contributed by atoms with Crippen molar-refractivity contribution >= 4 is 46.6 Å². The van der Waals surface area contributed by atoms with Gasteiger partial charge in [-0.1, -0.05) is 23.4 Å². The van der Waals surface area contributed by atoms with Crippen molar-refractivity contribution in [3.05, 3.63) is 88.4 Å². The number of halogens is 1. The third kappa shape index (κ3) is 4.44. The molecule has 0 atom stereocenters. The van der Waals surface area contributed by atoms with Crippen molar-refractivity contribution in [2.45, 2.75) is 4.90 Å². The first-order chi connectivity index (χ1) is 15.5. The van der Waals surface area contributed by atoms with Crippen LogP contribution in [0.4, 0.5) is 11.4 Å². The second-order valence-corrected chi connectivity index (χ2v) is 8.28. The molecule has 1 N–H and O–H groups in total. The van der Waals surface area contributed by atoms with Crippen LogP contribution in [0.25, 0.3) is 0 Å². The molecular formula is C24H19ClN2O4S. The van der Waals surface area contributed by atoms with Gasteiger partial charge in [0.2, 0.25) is 0 Å². The molecule has 0 fully saturated rings. The third-order valence-corrected chi connectivity index (χ3v) is 6.11. The summed E-state index contributed by atoms with van der Waals surface area (Å²) in [7, 11) is 3.14. The topological polar surface area (TPSA) is 67.9 Å². The van der Waals surface area contributed by atoms with E-state index in [9.17, 15) is 9.59 Å². The molecule has 162 valence electrons. The van der Waals surface area contributed by atoms with Gasteiger partial charge in [-0.25, -0.2) is 4.90 Å². The number of hydrogen-bond donors (Lipinski definition) is 1. The lowest BCUT2D eigenvalue weighted by Crippen LogP contribution is -2.32. The molecule has 32 heavy (non-hydrogen) atoms. The Bertz CT molecular complexity index is 1180. The van der Waals surface area contributed by atoms with Gasteiger partial charge >= 0.3 is 0 Å². The van der Waals surface area contributed by atoms with Crippen molar-refractivity contribution < 1.29 is 19.1 Å². The Kier molecular flexibility index (Phi) is 6.39. The van der Waals surface area contributed by atoms with Crippen LogP contribution in [0.2, 0.25) is 5.02 Å². The van der Waals surface area contributed by atoms with Gasteiger partial charge in [0, 0.05) is 15.6 Å². The van der Waals surface area contributed by atoms with Crippen LogP contribution in [0.1, 0.15) is 0 Å². The molecule has 0 unspecified atom stereocenters. The highest BCUT2D eigenvalue weighted by molar-refractivity contribution is 8.04. The standard InChI is InChI=1S/C24H19ClN2O4S/c1-30-18-9-5-16(6-10-18)26-21-22(32-20-13-3-15(25)4-14-20)24(29)27(23(21)28)17-7-11-19(31-2)12-8-17/h3-14,26H,1-2H3. The molecule has 0 aliphatic carbocycles. The summed E-state index contributed by atoms with van der Waals surface area (Å²) in [5.41, 5.74) is 1.32. The lowest BCUT2D eigenvalue weighted by atomic mass is 10.2. The summed E-state index contributed by atoms with van der Waals surface area (Å²) in [6.07, 6.45) is 0. The maximum absolute atomic E-state index is 13.4.